The van der Waals surface area contributed by atoms with Gasteiger partial charge >= 0.3 is 17.9 Å². The number of unbranched alkanes of at least 4 members (excludes halogenated alkanes) is 28. The van der Waals surface area contributed by atoms with Gasteiger partial charge in [0.2, 0.25) is 0 Å². The van der Waals surface area contributed by atoms with Gasteiger partial charge < -0.3 is 14.2 Å². The minimum absolute atomic E-state index is 0.0850. The molecule has 0 bridgehead atoms. The summed E-state index contributed by atoms with van der Waals surface area (Å²) < 4.78 is 16.9. The Bertz CT molecular complexity index is 1440. The fourth-order valence-corrected chi connectivity index (χ4v) is 8.48. The molecule has 0 aromatic carbocycles. The van der Waals surface area contributed by atoms with E-state index in [0.717, 1.165) is 122 Å². The number of hydrogen-bond donors (Lipinski definition) is 0. The van der Waals surface area contributed by atoms with Crippen molar-refractivity contribution in [1.29, 1.82) is 0 Å². The Kier molecular flexibility index (Phi) is 57.8. The average molecular weight is 1020 g/mol. The Morgan fingerprint density at radius 3 is 0.836 bits per heavy atom. The monoisotopic (exact) mass is 1010 g/mol. The second-order valence-electron chi connectivity index (χ2n) is 20.2. The first kappa shape index (κ1) is 69.3. The molecule has 0 aliphatic carbocycles. The highest BCUT2D eigenvalue weighted by Gasteiger charge is 2.19. The quantitative estimate of drug-likeness (QED) is 0.0261. The van der Waals surface area contributed by atoms with E-state index in [0.29, 0.717) is 19.3 Å². The molecular weight excluding hydrogens is 901 g/mol. The molecule has 0 rings (SSSR count). The predicted molar refractivity (Wildman–Crippen MR) is 316 cm³/mol. The number of rotatable bonds is 55. The highest BCUT2D eigenvalue weighted by Crippen LogP contribution is 2.15. The lowest BCUT2D eigenvalue weighted by molar-refractivity contribution is -0.167. The SMILES string of the molecule is CC/C=C\C/C=C\C/C=C\C/C=C\C/C=C\CCCCCCCCCC(=O)OCC(COC(=O)CCCCCCCCCCCCC)OC(=O)CCCCCCCC/C=C\C/C=C\C/C=C\CCCCCCC. The van der Waals surface area contributed by atoms with E-state index in [4.69, 9.17) is 14.2 Å². The van der Waals surface area contributed by atoms with E-state index in [9.17, 15) is 14.4 Å². The summed E-state index contributed by atoms with van der Waals surface area (Å²) in [6, 6.07) is 0. The zero-order valence-corrected chi connectivity index (χ0v) is 47.9. The van der Waals surface area contributed by atoms with Crippen molar-refractivity contribution in [2.24, 2.45) is 0 Å². The van der Waals surface area contributed by atoms with Crippen LogP contribution in [-0.4, -0.2) is 37.2 Å². The van der Waals surface area contributed by atoms with Crippen molar-refractivity contribution in [3.05, 3.63) is 97.2 Å². The lowest BCUT2D eigenvalue weighted by Crippen LogP contribution is -2.30. The number of carbonyl (C=O) groups excluding carboxylic acids is 3. The molecule has 73 heavy (non-hydrogen) atoms. The maximum atomic E-state index is 12.9. The first-order valence-corrected chi connectivity index (χ1v) is 30.7. The van der Waals surface area contributed by atoms with Crippen LogP contribution in [0.4, 0.5) is 0 Å². The van der Waals surface area contributed by atoms with Gasteiger partial charge in [-0.3, -0.25) is 14.4 Å². The first-order valence-electron chi connectivity index (χ1n) is 30.7. The first-order chi connectivity index (χ1) is 36.0. The highest BCUT2D eigenvalue weighted by molar-refractivity contribution is 5.71. The van der Waals surface area contributed by atoms with E-state index < -0.39 is 6.10 Å². The third-order valence-corrected chi connectivity index (χ3v) is 13.1. The molecule has 0 saturated carbocycles. The minimum Gasteiger partial charge on any atom is -0.462 e. The second kappa shape index (κ2) is 60.9. The molecule has 0 N–H and O–H groups in total. The van der Waals surface area contributed by atoms with Gasteiger partial charge in [0, 0.05) is 19.3 Å². The van der Waals surface area contributed by atoms with Crippen LogP contribution < -0.4 is 0 Å². The lowest BCUT2D eigenvalue weighted by atomic mass is 10.1. The molecule has 6 nitrogen and oxygen atoms in total. The molecule has 0 amide bonds. The number of hydrogen-bond acceptors (Lipinski definition) is 6. The van der Waals surface area contributed by atoms with Gasteiger partial charge in [-0.1, -0.05) is 266 Å². The van der Waals surface area contributed by atoms with Crippen LogP contribution in [0.1, 0.15) is 290 Å². The molecule has 418 valence electrons. The van der Waals surface area contributed by atoms with Crippen molar-refractivity contribution < 1.29 is 28.6 Å². The maximum Gasteiger partial charge on any atom is 0.306 e. The Morgan fingerprint density at radius 2 is 0.534 bits per heavy atom. The molecule has 1 atom stereocenters. The van der Waals surface area contributed by atoms with Crippen molar-refractivity contribution in [1.82, 2.24) is 0 Å². The van der Waals surface area contributed by atoms with Crippen molar-refractivity contribution in [2.75, 3.05) is 13.2 Å². The molecule has 0 fully saturated rings. The van der Waals surface area contributed by atoms with Gasteiger partial charge in [0.15, 0.2) is 6.10 Å². The Balaban J connectivity index is 4.36. The number of ether oxygens (including phenoxy) is 3. The van der Waals surface area contributed by atoms with Crippen LogP contribution in [0.3, 0.4) is 0 Å². The maximum absolute atomic E-state index is 12.9. The molecule has 0 aromatic heterocycles. The number of carbonyl (C=O) groups is 3. The third-order valence-electron chi connectivity index (χ3n) is 13.1. The number of esters is 3. The van der Waals surface area contributed by atoms with Crippen LogP contribution in [0, 0.1) is 0 Å². The third kappa shape index (κ3) is 59.1. The lowest BCUT2D eigenvalue weighted by Gasteiger charge is -2.18. The molecule has 0 aliphatic rings. The zero-order valence-electron chi connectivity index (χ0n) is 47.9. The van der Waals surface area contributed by atoms with Gasteiger partial charge in [0.1, 0.15) is 13.2 Å². The molecule has 1 unspecified atom stereocenters. The van der Waals surface area contributed by atoms with Crippen molar-refractivity contribution in [3.8, 4) is 0 Å². The normalized spacial score (nSPS) is 12.8. The summed E-state index contributed by atoms with van der Waals surface area (Å²) in [6.45, 7) is 6.50. The van der Waals surface area contributed by atoms with Gasteiger partial charge in [-0.15, -0.1) is 0 Å². The topological polar surface area (TPSA) is 78.9 Å². The van der Waals surface area contributed by atoms with E-state index in [1.165, 1.54) is 128 Å². The van der Waals surface area contributed by atoms with Crippen LogP contribution in [0.15, 0.2) is 97.2 Å². The van der Waals surface area contributed by atoms with Crippen molar-refractivity contribution in [3.63, 3.8) is 0 Å². The van der Waals surface area contributed by atoms with Crippen LogP contribution in [0.2, 0.25) is 0 Å². The Morgan fingerprint density at radius 1 is 0.288 bits per heavy atom. The molecule has 0 heterocycles. The largest absolute Gasteiger partial charge is 0.462 e. The second-order valence-corrected chi connectivity index (χ2v) is 20.2. The minimum atomic E-state index is -0.789. The van der Waals surface area contributed by atoms with Crippen LogP contribution in [0.5, 0.6) is 0 Å². The fourth-order valence-electron chi connectivity index (χ4n) is 8.48. The van der Waals surface area contributed by atoms with Crippen LogP contribution in [0.25, 0.3) is 0 Å². The zero-order chi connectivity index (χ0) is 52.9. The summed E-state index contributed by atoms with van der Waals surface area (Å²) in [6.07, 6.45) is 81.1. The van der Waals surface area contributed by atoms with Crippen molar-refractivity contribution >= 4 is 17.9 Å². The summed E-state index contributed by atoms with van der Waals surface area (Å²) in [5.74, 6) is -0.903. The van der Waals surface area contributed by atoms with E-state index in [1.54, 1.807) is 0 Å². The van der Waals surface area contributed by atoms with E-state index in [2.05, 4.69) is 118 Å². The van der Waals surface area contributed by atoms with E-state index >= 15 is 0 Å². The summed E-state index contributed by atoms with van der Waals surface area (Å²) in [5, 5.41) is 0. The smallest absolute Gasteiger partial charge is 0.306 e. The van der Waals surface area contributed by atoms with Gasteiger partial charge in [-0.05, 0) is 103 Å². The van der Waals surface area contributed by atoms with Crippen LogP contribution >= 0.6 is 0 Å². The average Bonchev–Trinajstić information content (AvgIpc) is 3.39. The summed E-state index contributed by atoms with van der Waals surface area (Å²) in [7, 11) is 0. The summed E-state index contributed by atoms with van der Waals surface area (Å²) >= 11 is 0. The standard InChI is InChI=1S/C67H114O6/c1-4-7-10-13-16-19-22-24-26-28-30-32-33-35-36-38-40-42-45-48-51-54-57-60-66(69)72-63-64(62-71-65(68)59-56-53-50-47-44-21-18-15-12-9-6-3)73-67(70)61-58-55-52-49-46-43-41-39-37-34-31-29-27-25-23-20-17-14-11-8-5-2/h7,10,16,19,23-26,29-32,35-37,39,64H,4-6,8-9,11-15,17-18,20-22,27-28,33-34,38,40-63H2,1-3H3/b10-7-,19-16-,25-23-,26-24-,31-29-,32-30-,36-35-,39-37-. The molecule has 0 saturated heterocycles. The molecule has 0 spiro atoms. The Hall–Kier alpha value is -3.67. The van der Waals surface area contributed by atoms with Gasteiger partial charge in [-0.2, -0.15) is 0 Å². The van der Waals surface area contributed by atoms with E-state index in [-0.39, 0.29) is 31.1 Å². The molecule has 0 radical (unpaired) electrons. The fraction of sp³-hybridized carbons (Fsp3) is 0.716. The van der Waals surface area contributed by atoms with Crippen molar-refractivity contribution in [2.45, 2.75) is 297 Å². The van der Waals surface area contributed by atoms with Gasteiger partial charge in [0.25, 0.3) is 0 Å². The van der Waals surface area contributed by atoms with Gasteiger partial charge in [0.05, 0.1) is 0 Å². The summed E-state index contributed by atoms with van der Waals surface area (Å²) in [5.41, 5.74) is 0. The Labute approximate surface area is 451 Å². The predicted octanol–water partition coefficient (Wildman–Crippen LogP) is 20.9. The molecule has 0 aromatic rings. The van der Waals surface area contributed by atoms with Gasteiger partial charge in [-0.25, -0.2) is 0 Å². The summed E-state index contributed by atoms with van der Waals surface area (Å²) in [4.78, 5) is 38.2. The molecule has 6 heteroatoms. The van der Waals surface area contributed by atoms with Crippen LogP contribution in [-0.2, 0) is 28.6 Å². The highest BCUT2D eigenvalue weighted by atomic mass is 16.6. The molecular formula is C67H114O6. The molecule has 0 aliphatic heterocycles. The van der Waals surface area contributed by atoms with E-state index in [1.807, 2.05) is 0 Å². The number of allylic oxidation sites excluding steroid dienone is 16.